The van der Waals surface area contributed by atoms with Crippen LogP contribution < -0.4 is 20.8 Å². The number of amides is 3. The van der Waals surface area contributed by atoms with Gasteiger partial charge in [-0.2, -0.15) is 5.10 Å². The standard InChI is InChI=1S/C22H26N4O5/c1-15-7-8-16(2)19(11-15)25-20(27)14-31-18-6-4-5-17(12-18)13-24-26-22(29)21(28)23-9-10-30-3/h4-8,11-13H,9-10,14H2,1-3H3,(H,23,28)(H,25,27)(H,26,29)/b24-13-. The molecule has 2 rings (SSSR count). The van der Waals surface area contributed by atoms with Crippen LogP contribution in [0.4, 0.5) is 5.69 Å². The van der Waals surface area contributed by atoms with E-state index in [2.05, 4.69) is 21.2 Å². The molecule has 164 valence electrons. The summed E-state index contributed by atoms with van der Waals surface area (Å²) in [7, 11) is 1.49. The smallest absolute Gasteiger partial charge is 0.329 e. The Morgan fingerprint density at radius 2 is 1.87 bits per heavy atom. The number of hydrogen-bond acceptors (Lipinski definition) is 6. The van der Waals surface area contributed by atoms with Gasteiger partial charge in [0.2, 0.25) is 0 Å². The molecule has 2 aromatic rings. The Hall–Kier alpha value is -3.72. The van der Waals surface area contributed by atoms with E-state index < -0.39 is 11.8 Å². The molecule has 0 aliphatic carbocycles. The molecule has 0 aliphatic rings. The van der Waals surface area contributed by atoms with Gasteiger partial charge >= 0.3 is 11.8 Å². The fraction of sp³-hybridized carbons (Fsp3) is 0.273. The highest BCUT2D eigenvalue weighted by Gasteiger charge is 2.11. The zero-order valence-corrected chi connectivity index (χ0v) is 17.7. The Morgan fingerprint density at radius 3 is 2.65 bits per heavy atom. The highest BCUT2D eigenvalue weighted by molar-refractivity contribution is 6.35. The number of carbonyl (C=O) groups excluding carboxylic acids is 3. The van der Waals surface area contributed by atoms with Crippen LogP contribution in [0.15, 0.2) is 47.6 Å². The van der Waals surface area contributed by atoms with Crippen molar-refractivity contribution in [3.63, 3.8) is 0 Å². The maximum atomic E-state index is 12.2. The van der Waals surface area contributed by atoms with E-state index in [1.54, 1.807) is 24.3 Å². The van der Waals surface area contributed by atoms with Crippen LogP contribution in [0.1, 0.15) is 16.7 Å². The predicted molar refractivity (Wildman–Crippen MR) is 117 cm³/mol. The monoisotopic (exact) mass is 426 g/mol. The third kappa shape index (κ3) is 8.27. The van der Waals surface area contributed by atoms with Crippen molar-refractivity contribution >= 4 is 29.6 Å². The molecule has 0 saturated carbocycles. The fourth-order valence-corrected chi connectivity index (χ4v) is 2.45. The van der Waals surface area contributed by atoms with Crippen LogP contribution >= 0.6 is 0 Å². The van der Waals surface area contributed by atoms with E-state index in [9.17, 15) is 14.4 Å². The normalized spacial score (nSPS) is 10.5. The molecule has 0 radical (unpaired) electrons. The lowest BCUT2D eigenvalue weighted by Gasteiger charge is -2.10. The van der Waals surface area contributed by atoms with Gasteiger partial charge in [-0.05, 0) is 48.7 Å². The number of methoxy groups -OCH3 is 1. The molecule has 9 nitrogen and oxygen atoms in total. The topological polar surface area (TPSA) is 118 Å². The van der Waals surface area contributed by atoms with E-state index in [1.807, 2.05) is 32.0 Å². The number of carbonyl (C=O) groups is 3. The van der Waals surface area contributed by atoms with Crippen LogP contribution in [0.3, 0.4) is 0 Å². The molecule has 31 heavy (non-hydrogen) atoms. The summed E-state index contributed by atoms with van der Waals surface area (Å²) in [5.41, 5.74) is 5.52. The van der Waals surface area contributed by atoms with E-state index in [1.165, 1.54) is 13.3 Å². The molecule has 0 aromatic heterocycles. The lowest BCUT2D eigenvalue weighted by atomic mass is 10.1. The molecule has 0 unspecified atom stereocenters. The average Bonchev–Trinajstić information content (AvgIpc) is 2.75. The van der Waals surface area contributed by atoms with Crippen molar-refractivity contribution in [3.05, 3.63) is 59.2 Å². The Morgan fingerprint density at radius 1 is 1.06 bits per heavy atom. The Labute approximate surface area is 180 Å². The molecule has 0 heterocycles. The van der Waals surface area contributed by atoms with E-state index in [-0.39, 0.29) is 19.1 Å². The summed E-state index contributed by atoms with van der Waals surface area (Å²) in [6, 6.07) is 12.6. The number of rotatable bonds is 9. The van der Waals surface area contributed by atoms with Crippen molar-refractivity contribution in [1.29, 1.82) is 0 Å². The third-order valence-corrected chi connectivity index (χ3v) is 4.07. The molecular formula is C22H26N4O5. The SMILES string of the molecule is COCCNC(=O)C(=O)N/N=C\c1cccc(OCC(=O)Nc2cc(C)ccc2C)c1. The first-order chi connectivity index (χ1) is 14.9. The molecule has 0 spiro atoms. The molecule has 0 fully saturated rings. The number of anilines is 1. The zero-order chi connectivity index (χ0) is 22.6. The van der Waals surface area contributed by atoms with Crippen LogP contribution in [0.25, 0.3) is 0 Å². The summed E-state index contributed by atoms with van der Waals surface area (Å²) in [4.78, 5) is 35.3. The summed E-state index contributed by atoms with van der Waals surface area (Å²) in [6.45, 7) is 4.24. The van der Waals surface area contributed by atoms with Crippen molar-refractivity contribution in [1.82, 2.24) is 10.7 Å². The predicted octanol–water partition coefficient (Wildman–Crippen LogP) is 1.53. The minimum absolute atomic E-state index is 0.160. The van der Waals surface area contributed by atoms with Crippen molar-refractivity contribution in [2.75, 3.05) is 32.2 Å². The largest absolute Gasteiger partial charge is 0.484 e. The number of ether oxygens (including phenoxy) is 2. The van der Waals surface area contributed by atoms with Gasteiger partial charge in [0.25, 0.3) is 5.91 Å². The Kier molecular flexibility index (Phi) is 9.18. The van der Waals surface area contributed by atoms with E-state index in [0.29, 0.717) is 17.9 Å². The van der Waals surface area contributed by atoms with Crippen LogP contribution in [0.5, 0.6) is 5.75 Å². The summed E-state index contributed by atoms with van der Waals surface area (Å²) < 4.78 is 10.3. The fourth-order valence-electron chi connectivity index (χ4n) is 2.45. The first kappa shape index (κ1) is 23.6. The second kappa shape index (κ2) is 12.1. The lowest BCUT2D eigenvalue weighted by molar-refractivity contribution is -0.139. The number of hydrogen-bond donors (Lipinski definition) is 3. The van der Waals surface area contributed by atoms with Crippen LogP contribution in [-0.4, -0.2) is 50.8 Å². The summed E-state index contributed by atoms with van der Waals surface area (Å²) in [5.74, 6) is -1.51. The summed E-state index contributed by atoms with van der Waals surface area (Å²) >= 11 is 0. The lowest BCUT2D eigenvalue weighted by Crippen LogP contribution is -2.39. The number of benzene rings is 2. The highest BCUT2D eigenvalue weighted by Crippen LogP contribution is 2.17. The number of nitrogens with zero attached hydrogens (tertiary/aromatic N) is 1. The third-order valence-electron chi connectivity index (χ3n) is 4.07. The van der Waals surface area contributed by atoms with Crippen LogP contribution in [-0.2, 0) is 19.1 Å². The highest BCUT2D eigenvalue weighted by atomic mass is 16.5. The minimum Gasteiger partial charge on any atom is -0.484 e. The van der Waals surface area contributed by atoms with Crippen LogP contribution in [0, 0.1) is 13.8 Å². The molecule has 3 N–H and O–H groups in total. The van der Waals surface area contributed by atoms with Crippen LogP contribution in [0.2, 0.25) is 0 Å². The number of hydrazone groups is 1. The molecule has 0 saturated heterocycles. The zero-order valence-electron chi connectivity index (χ0n) is 17.7. The number of nitrogens with one attached hydrogen (secondary N) is 3. The van der Waals surface area contributed by atoms with Gasteiger partial charge in [0.05, 0.1) is 12.8 Å². The van der Waals surface area contributed by atoms with Gasteiger partial charge in [-0.3, -0.25) is 14.4 Å². The van der Waals surface area contributed by atoms with Crippen molar-refractivity contribution in [2.24, 2.45) is 5.10 Å². The second-order valence-corrected chi connectivity index (χ2v) is 6.68. The van der Waals surface area contributed by atoms with Crippen molar-refractivity contribution in [3.8, 4) is 5.75 Å². The Bertz CT molecular complexity index is 959. The number of aryl methyl sites for hydroxylation is 2. The quantitative estimate of drug-likeness (QED) is 0.243. The molecule has 2 aromatic carbocycles. The van der Waals surface area contributed by atoms with Gasteiger partial charge in [-0.1, -0.05) is 24.3 Å². The van der Waals surface area contributed by atoms with Crippen molar-refractivity contribution in [2.45, 2.75) is 13.8 Å². The first-order valence-corrected chi connectivity index (χ1v) is 9.59. The maximum absolute atomic E-state index is 12.2. The molecule has 9 heteroatoms. The maximum Gasteiger partial charge on any atom is 0.329 e. The van der Waals surface area contributed by atoms with E-state index in [4.69, 9.17) is 9.47 Å². The molecule has 0 bridgehead atoms. The molecular weight excluding hydrogens is 400 g/mol. The molecule has 0 aliphatic heterocycles. The van der Waals surface area contributed by atoms with Gasteiger partial charge in [-0.25, -0.2) is 5.43 Å². The summed E-state index contributed by atoms with van der Waals surface area (Å²) in [5, 5.41) is 8.96. The van der Waals surface area contributed by atoms with Gasteiger partial charge in [0, 0.05) is 19.3 Å². The summed E-state index contributed by atoms with van der Waals surface area (Å²) in [6.07, 6.45) is 1.36. The van der Waals surface area contributed by atoms with Gasteiger partial charge in [0.15, 0.2) is 6.61 Å². The van der Waals surface area contributed by atoms with Gasteiger partial charge < -0.3 is 20.1 Å². The first-order valence-electron chi connectivity index (χ1n) is 9.59. The van der Waals surface area contributed by atoms with Gasteiger partial charge in [-0.15, -0.1) is 0 Å². The molecule has 3 amide bonds. The van der Waals surface area contributed by atoms with Gasteiger partial charge in [0.1, 0.15) is 5.75 Å². The minimum atomic E-state index is -0.886. The Balaban J connectivity index is 1.84. The van der Waals surface area contributed by atoms with Crippen molar-refractivity contribution < 1.29 is 23.9 Å². The van der Waals surface area contributed by atoms with E-state index >= 15 is 0 Å². The molecule has 0 atom stereocenters. The van der Waals surface area contributed by atoms with E-state index in [0.717, 1.165) is 16.8 Å². The average molecular weight is 426 g/mol. The second-order valence-electron chi connectivity index (χ2n) is 6.68.